The molecule has 0 radical (unpaired) electrons. The Bertz CT molecular complexity index is 819. The van der Waals surface area contributed by atoms with Crippen molar-refractivity contribution in [2.45, 2.75) is 13.7 Å². The Kier molecular flexibility index (Phi) is 4.09. The zero-order valence-corrected chi connectivity index (χ0v) is 13.3. The zero-order chi connectivity index (χ0) is 14.8. The third-order valence-electron chi connectivity index (χ3n) is 2.67. The van der Waals surface area contributed by atoms with E-state index in [4.69, 9.17) is 0 Å². The number of carbonyl (C=O) groups is 1. The van der Waals surface area contributed by atoms with Gasteiger partial charge in [-0.25, -0.2) is 9.78 Å². The summed E-state index contributed by atoms with van der Waals surface area (Å²) in [6, 6.07) is 9.08. The van der Waals surface area contributed by atoms with E-state index in [1.165, 1.54) is 34.9 Å². The van der Waals surface area contributed by atoms with E-state index in [1.807, 2.05) is 30.5 Å². The van der Waals surface area contributed by atoms with Crippen LogP contribution in [0, 0.1) is 0 Å². The molecule has 0 fully saturated rings. The van der Waals surface area contributed by atoms with Gasteiger partial charge in [0.25, 0.3) is 0 Å². The Balaban J connectivity index is 2.06. The van der Waals surface area contributed by atoms with Crippen LogP contribution >= 0.6 is 34.9 Å². The fraction of sp³-hybridized carbons (Fsp3) is 0.0769. The molecule has 1 aromatic carbocycles. The van der Waals surface area contributed by atoms with Crippen LogP contribution in [0.2, 0.25) is 0 Å². The Morgan fingerprint density at radius 3 is 2.71 bits per heavy atom. The van der Waals surface area contributed by atoms with Gasteiger partial charge in [-0.05, 0) is 30.2 Å². The lowest BCUT2D eigenvalue weighted by Gasteiger charge is -2.05. The third kappa shape index (κ3) is 3.02. The maximum Gasteiger partial charge on any atom is 0.338 e. The number of fused-ring (bicyclic) bond motifs is 1. The van der Waals surface area contributed by atoms with Crippen LogP contribution in [0.25, 0.3) is 10.9 Å². The van der Waals surface area contributed by atoms with Gasteiger partial charge in [-0.3, -0.25) is 0 Å². The highest BCUT2D eigenvalue weighted by molar-refractivity contribution is 8.03. The highest BCUT2D eigenvalue weighted by Gasteiger charge is 2.16. The van der Waals surface area contributed by atoms with Crippen molar-refractivity contribution < 1.29 is 9.90 Å². The summed E-state index contributed by atoms with van der Waals surface area (Å²) in [4.78, 5) is 15.9. The molecule has 0 saturated heterocycles. The molecule has 106 valence electrons. The average molecular weight is 335 g/mol. The van der Waals surface area contributed by atoms with Crippen molar-refractivity contribution >= 4 is 51.7 Å². The Morgan fingerprint density at radius 1 is 1.24 bits per heavy atom. The Hall–Kier alpha value is -1.64. The summed E-state index contributed by atoms with van der Waals surface area (Å²) in [5.41, 5.74) is 0.944. The number of hydrogen-bond donors (Lipinski definition) is 1. The molecule has 5 nitrogen and oxygen atoms in total. The van der Waals surface area contributed by atoms with Gasteiger partial charge < -0.3 is 5.11 Å². The van der Waals surface area contributed by atoms with Crippen LogP contribution in [0.5, 0.6) is 0 Å². The van der Waals surface area contributed by atoms with E-state index in [1.54, 1.807) is 6.07 Å². The number of aromatic nitrogens is 3. The second kappa shape index (κ2) is 6.00. The lowest BCUT2D eigenvalue weighted by molar-refractivity contribution is 0.0692. The summed E-state index contributed by atoms with van der Waals surface area (Å²) in [5, 5.41) is 18.7. The van der Waals surface area contributed by atoms with E-state index in [0.29, 0.717) is 9.37 Å². The molecule has 0 unspecified atom stereocenters. The molecule has 2 heterocycles. The topological polar surface area (TPSA) is 76.0 Å². The number of para-hydroxylation sites is 1. The first-order valence-electron chi connectivity index (χ1n) is 5.86. The SMILES string of the molecule is CSc1nnc(Sc2nc3ccccc3cc2C(=O)O)s1. The molecule has 0 aliphatic rings. The van der Waals surface area contributed by atoms with Crippen molar-refractivity contribution in [3.63, 3.8) is 0 Å². The average Bonchev–Trinajstić information content (AvgIpc) is 2.94. The van der Waals surface area contributed by atoms with Gasteiger partial charge in [0.1, 0.15) is 5.03 Å². The number of hydrogen-bond acceptors (Lipinski definition) is 7. The number of rotatable bonds is 4. The van der Waals surface area contributed by atoms with Crippen molar-refractivity contribution in [1.29, 1.82) is 0 Å². The van der Waals surface area contributed by atoms with Gasteiger partial charge in [0.05, 0.1) is 11.1 Å². The van der Waals surface area contributed by atoms with E-state index < -0.39 is 5.97 Å². The predicted molar refractivity (Wildman–Crippen MR) is 84.5 cm³/mol. The minimum absolute atomic E-state index is 0.180. The standard InChI is InChI=1S/C13H9N3O2S3/c1-19-12-15-16-13(21-12)20-10-8(11(17)18)6-7-4-2-3-5-9(7)14-10/h2-6H,1H3,(H,17,18). The molecule has 2 aromatic heterocycles. The molecule has 1 N–H and O–H groups in total. The summed E-state index contributed by atoms with van der Waals surface area (Å²) >= 11 is 4.17. The van der Waals surface area contributed by atoms with Crippen LogP contribution in [0.1, 0.15) is 10.4 Å². The highest BCUT2D eigenvalue weighted by atomic mass is 32.2. The smallest absolute Gasteiger partial charge is 0.338 e. The first-order chi connectivity index (χ1) is 10.2. The normalized spacial score (nSPS) is 10.9. The number of aromatic carboxylic acids is 1. The zero-order valence-electron chi connectivity index (χ0n) is 10.8. The molecule has 0 aliphatic carbocycles. The summed E-state index contributed by atoms with van der Waals surface area (Å²) < 4.78 is 1.53. The maximum atomic E-state index is 11.4. The molecule has 8 heteroatoms. The number of carboxylic acid groups (broad SMARTS) is 1. The van der Waals surface area contributed by atoms with Crippen molar-refractivity contribution in [2.75, 3.05) is 6.26 Å². The predicted octanol–water partition coefficient (Wildman–Crippen LogP) is 3.66. The molecule has 0 bridgehead atoms. The second-order valence-electron chi connectivity index (χ2n) is 3.98. The van der Waals surface area contributed by atoms with Gasteiger partial charge in [-0.1, -0.05) is 41.3 Å². The summed E-state index contributed by atoms with van der Waals surface area (Å²) in [5.74, 6) is -0.995. The first kappa shape index (κ1) is 14.3. The molecule has 21 heavy (non-hydrogen) atoms. The maximum absolute atomic E-state index is 11.4. The molecular formula is C13H9N3O2S3. The number of pyridine rings is 1. The van der Waals surface area contributed by atoms with Crippen LogP contribution in [-0.2, 0) is 0 Å². The van der Waals surface area contributed by atoms with Crippen LogP contribution in [0.3, 0.4) is 0 Å². The van der Waals surface area contributed by atoms with Crippen molar-refractivity contribution in [3.05, 3.63) is 35.9 Å². The molecule has 0 spiro atoms. The quantitative estimate of drug-likeness (QED) is 0.729. The lowest BCUT2D eigenvalue weighted by atomic mass is 10.1. The fourth-order valence-electron chi connectivity index (χ4n) is 1.73. The molecule has 0 saturated carbocycles. The molecule has 3 rings (SSSR count). The minimum atomic E-state index is -0.995. The number of carboxylic acids is 1. The monoisotopic (exact) mass is 335 g/mol. The van der Waals surface area contributed by atoms with E-state index >= 15 is 0 Å². The van der Waals surface area contributed by atoms with E-state index in [-0.39, 0.29) is 5.56 Å². The number of nitrogens with zero attached hydrogens (tertiary/aromatic N) is 3. The fourth-order valence-corrected chi connectivity index (χ4v) is 4.18. The van der Waals surface area contributed by atoms with Crippen LogP contribution in [-0.4, -0.2) is 32.5 Å². The summed E-state index contributed by atoms with van der Waals surface area (Å²) in [7, 11) is 0. The molecule has 0 aliphatic heterocycles. The van der Waals surface area contributed by atoms with Gasteiger partial charge in [-0.2, -0.15) is 0 Å². The third-order valence-corrected chi connectivity index (χ3v) is 5.62. The van der Waals surface area contributed by atoms with Gasteiger partial charge in [0, 0.05) is 5.39 Å². The van der Waals surface area contributed by atoms with Gasteiger partial charge in [0.15, 0.2) is 8.68 Å². The minimum Gasteiger partial charge on any atom is -0.478 e. The van der Waals surface area contributed by atoms with E-state index in [0.717, 1.165) is 15.2 Å². The Labute approximate surface area is 132 Å². The van der Waals surface area contributed by atoms with Gasteiger partial charge in [-0.15, -0.1) is 10.2 Å². The van der Waals surface area contributed by atoms with E-state index in [9.17, 15) is 9.90 Å². The van der Waals surface area contributed by atoms with Crippen LogP contribution < -0.4 is 0 Å². The molecule has 3 aromatic rings. The lowest BCUT2D eigenvalue weighted by Crippen LogP contribution is -2.01. The Morgan fingerprint density at radius 2 is 2.00 bits per heavy atom. The molecule has 0 atom stereocenters. The molecular weight excluding hydrogens is 326 g/mol. The second-order valence-corrected chi connectivity index (χ2v) is 7.25. The number of thioether (sulfide) groups is 1. The first-order valence-corrected chi connectivity index (χ1v) is 8.71. The van der Waals surface area contributed by atoms with E-state index in [2.05, 4.69) is 15.2 Å². The van der Waals surface area contributed by atoms with Crippen molar-refractivity contribution in [1.82, 2.24) is 15.2 Å². The van der Waals surface area contributed by atoms with Crippen LogP contribution in [0.15, 0.2) is 44.0 Å². The van der Waals surface area contributed by atoms with Gasteiger partial charge in [0.2, 0.25) is 0 Å². The summed E-state index contributed by atoms with van der Waals surface area (Å²) in [6.45, 7) is 0. The summed E-state index contributed by atoms with van der Waals surface area (Å²) in [6.07, 6.45) is 1.92. The number of benzene rings is 1. The highest BCUT2D eigenvalue weighted by Crippen LogP contribution is 2.34. The largest absolute Gasteiger partial charge is 0.478 e. The van der Waals surface area contributed by atoms with Crippen molar-refractivity contribution in [2.24, 2.45) is 0 Å². The van der Waals surface area contributed by atoms with Crippen molar-refractivity contribution in [3.8, 4) is 0 Å². The van der Waals surface area contributed by atoms with Crippen LogP contribution in [0.4, 0.5) is 0 Å². The molecule has 0 amide bonds. The van der Waals surface area contributed by atoms with Gasteiger partial charge >= 0.3 is 5.97 Å².